The number of rotatable bonds is 7. The van der Waals surface area contributed by atoms with E-state index >= 15 is 0 Å². The third-order valence-electron chi connectivity index (χ3n) is 5.42. The van der Waals surface area contributed by atoms with Crippen LogP contribution in [0.1, 0.15) is 11.3 Å². The number of aryl methyl sites for hydroxylation is 1. The third kappa shape index (κ3) is 5.84. The molecular weight excluding hydrogens is 501 g/mol. The first kappa shape index (κ1) is 25.2. The zero-order valence-electron chi connectivity index (χ0n) is 19.6. The molecule has 0 radical (unpaired) electrons. The minimum absolute atomic E-state index is 0.0774. The number of para-hydroxylation sites is 1. The molecule has 0 unspecified atom stereocenters. The molecule has 4 aromatic rings. The molecule has 3 amide bonds. The fourth-order valence-electron chi connectivity index (χ4n) is 3.48. The molecule has 2 N–H and O–H groups in total. The summed E-state index contributed by atoms with van der Waals surface area (Å²) in [5, 5.41) is 6.77. The van der Waals surface area contributed by atoms with Crippen molar-refractivity contribution in [1.82, 2.24) is 15.3 Å². The fraction of sp³-hybridized carbons (Fsp3) is 0.154. The van der Waals surface area contributed by atoms with Crippen molar-refractivity contribution in [1.29, 1.82) is 0 Å². The highest BCUT2D eigenvalue weighted by molar-refractivity contribution is 6.38. The van der Waals surface area contributed by atoms with E-state index in [4.69, 9.17) is 27.9 Å². The van der Waals surface area contributed by atoms with Gasteiger partial charge in [-0.15, -0.1) is 0 Å². The van der Waals surface area contributed by atoms with Crippen LogP contribution >= 0.6 is 23.2 Å². The number of urea groups is 1. The van der Waals surface area contributed by atoms with Crippen molar-refractivity contribution in [2.75, 3.05) is 23.8 Å². The van der Waals surface area contributed by atoms with Gasteiger partial charge in [-0.1, -0.05) is 41.4 Å². The zero-order chi connectivity index (χ0) is 25.7. The second-order valence-corrected chi connectivity index (χ2v) is 8.72. The van der Waals surface area contributed by atoms with E-state index in [9.17, 15) is 9.59 Å². The molecule has 2 aromatic carbocycles. The molecule has 0 saturated heterocycles. The molecule has 0 atom stereocenters. The quantitative estimate of drug-likeness (QED) is 0.328. The Kier molecular flexibility index (Phi) is 7.87. The summed E-state index contributed by atoms with van der Waals surface area (Å²) in [4.78, 5) is 34.7. The van der Waals surface area contributed by atoms with E-state index in [2.05, 4.69) is 20.6 Å². The Morgan fingerprint density at radius 2 is 1.89 bits per heavy atom. The SMILES string of the molecule is Cc1ccc2cccc(OCc3c(Cl)ccc(N(C)C(=O)CNC(=O)Nc4cccnc4)c3Cl)c2n1. The lowest BCUT2D eigenvalue weighted by Crippen LogP contribution is -2.40. The minimum Gasteiger partial charge on any atom is -0.487 e. The molecule has 2 heterocycles. The number of halogens is 2. The maximum absolute atomic E-state index is 12.7. The van der Waals surface area contributed by atoms with Crippen LogP contribution in [0.25, 0.3) is 10.9 Å². The van der Waals surface area contributed by atoms with E-state index in [0.29, 0.717) is 27.7 Å². The molecular formula is C26H23Cl2N5O3. The molecule has 2 aromatic heterocycles. The summed E-state index contributed by atoms with van der Waals surface area (Å²) in [6.07, 6.45) is 3.09. The van der Waals surface area contributed by atoms with Gasteiger partial charge in [0.05, 0.1) is 29.1 Å². The van der Waals surface area contributed by atoms with Gasteiger partial charge in [-0.05, 0) is 43.3 Å². The first-order valence-corrected chi connectivity index (χ1v) is 11.8. The Bertz CT molecular complexity index is 1420. The van der Waals surface area contributed by atoms with Crippen LogP contribution in [0, 0.1) is 6.92 Å². The molecule has 0 aliphatic heterocycles. The van der Waals surface area contributed by atoms with Crippen molar-refractivity contribution in [2.24, 2.45) is 0 Å². The highest BCUT2D eigenvalue weighted by atomic mass is 35.5. The molecule has 4 rings (SSSR count). The number of carbonyl (C=O) groups excluding carboxylic acids is 2. The highest BCUT2D eigenvalue weighted by Gasteiger charge is 2.19. The number of ether oxygens (including phenoxy) is 1. The van der Waals surface area contributed by atoms with Crippen LogP contribution < -0.4 is 20.3 Å². The molecule has 0 aliphatic rings. The van der Waals surface area contributed by atoms with E-state index in [0.717, 1.165) is 16.6 Å². The van der Waals surface area contributed by atoms with Crippen molar-refractivity contribution in [2.45, 2.75) is 13.5 Å². The summed E-state index contributed by atoms with van der Waals surface area (Å²) in [5.41, 5.74) is 3.09. The summed E-state index contributed by atoms with van der Waals surface area (Å²) >= 11 is 13.1. The minimum atomic E-state index is -0.528. The molecule has 0 spiro atoms. The van der Waals surface area contributed by atoms with Gasteiger partial charge in [0.15, 0.2) is 0 Å². The number of fused-ring (bicyclic) bond motifs is 1. The van der Waals surface area contributed by atoms with Crippen LogP contribution in [0.2, 0.25) is 10.0 Å². The number of amides is 3. The normalized spacial score (nSPS) is 10.7. The van der Waals surface area contributed by atoms with Gasteiger partial charge < -0.3 is 20.3 Å². The first-order valence-electron chi connectivity index (χ1n) is 11.0. The summed E-state index contributed by atoms with van der Waals surface area (Å²) in [5.74, 6) is 0.225. The van der Waals surface area contributed by atoms with Crippen molar-refractivity contribution in [3.63, 3.8) is 0 Å². The topological polar surface area (TPSA) is 96.5 Å². The number of hydrogen-bond donors (Lipinski definition) is 2. The number of benzene rings is 2. The van der Waals surface area contributed by atoms with Crippen LogP contribution in [0.3, 0.4) is 0 Å². The van der Waals surface area contributed by atoms with Crippen LogP contribution in [0.5, 0.6) is 5.75 Å². The zero-order valence-corrected chi connectivity index (χ0v) is 21.1. The van der Waals surface area contributed by atoms with Crippen LogP contribution in [-0.2, 0) is 11.4 Å². The number of likely N-dealkylation sites (N-methyl/N-ethyl adjacent to an activating group) is 1. The lowest BCUT2D eigenvalue weighted by Gasteiger charge is -2.21. The number of nitrogens with one attached hydrogen (secondary N) is 2. The molecule has 0 fully saturated rings. The van der Waals surface area contributed by atoms with Crippen molar-refractivity contribution >= 4 is 57.4 Å². The third-order valence-corrected chi connectivity index (χ3v) is 6.19. The van der Waals surface area contributed by atoms with Crippen LogP contribution in [-0.4, -0.2) is 35.5 Å². The predicted octanol–water partition coefficient (Wildman–Crippen LogP) is 5.61. The molecule has 0 bridgehead atoms. The number of pyridine rings is 2. The summed E-state index contributed by atoms with van der Waals surface area (Å²) in [6.45, 7) is 1.75. The Balaban J connectivity index is 1.45. The molecule has 10 heteroatoms. The van der Waals surface area contributed by atoms with Gasteiger partial charge >= 0.3 is 6.03 Å². The first-order chi connectivity index (χ1) is 17.3. The summed E-state index contributed by atoms with van der Waals surface area (Å²) in [7, 11) is 1.57. The Labute approximate surface area is 218 Å². The number of aromatic nitrogens is 2. The van der Waals surface area contributed by atoms with E-state index in [1.54, 1.807) is 37.5 Å². The average molecular weight is 524 g/mol. The second-order valence-electron chi connectivity index (χ2n) is 7.93. The highest BCUT2D eigenvalue weighted by Crippen LogP contribution is 2.35. The van der Waals surface area contributed by atoms with Crippen LogP contribution in [0.4, 0.5) is 16.2 Å². The molecule has 0 saturated carbocycles. The molecule has 0 aliphatic carbocycles. The van der Waals surface area contributed by atoms with E-state index in [1.165, 1.54) is 11.1 Å². The smallest absolute Gasteiger partial charge is 0.319 e. The molecule has 36 heavy (non-hydrogen) atoms. The average Bonchev–Trinajstić information content (AvgIpc) is 2.87. The monoisotopic (exact) mass is 523 g/mol. The lowest BCUT2D eigenvalue weighted by molar-refractivity contribution is -0.117. The molecule has 8 nitrogen and oxygen atoms in total. The van der Waals surface area contributed by atoms with Crippen molar-refractivity contribution < 1.29 is 14.3 Å². The molecule has 184 valence electrons. The van der Waals surface area contributed by atoms with E-state index < -0.39 is 6.03 Å². The number of anilines is 2. The van der Waals surface area contributed by atoms with Gasteiger partial charge in [0.25, 0.3) is 0 Å². The van der Waals surface area contributed by atoms with Gasteiger partial charge in [0, 0.05) is 34.9 Å². The van der Waals surface area contributed by atoms with Crippen molar-refractivity contribution in [3.05, 3.63) is 88.3 Å². The van der Waals surface area contributed by atoms with Gasteiger partial charge in [-0.2, -0.15) is 0 Å². The Hall–Kier alpha value is -3.88. The van der Waals surface area contributed by atoms with Gasteiger partial charge in [-0.25, -0.2) is 9.78 Å². The summed E-state index contributed by atoms with van der Waals surface area (Å²) in [6, 6.07) is 15.7. The number of hydrogen-bond acceptors (Lipinski definition) is 5. The Morgan fingerprint density at radius 1 is 1.06 bits per heavy atom. The maximum atomic E-state index is 12.7. The van der Waals surface area contributed by atoms with Crippen LogP contribution in [0.15, 0.2) is 67.0 Å². The standard InChI is InChI=1S/C26H23Cl2N5O3/c1-16-8-9-17-5-3-7-22(25(17)31-16)36-15-19-20(27)10-11-21(24(19)28)33(2)23(34)14-30-26(35)32-18-6-4-12-29-13-18/h3-13H,14-15H2,1-2H3,(H2,30,32,35). The second kappa shape index (κ2) is 11.2. The van der Waals surface area contributed by atoms with Crippen molar-refractivity contribution in [3.8, 4) is 5.75 Å². The van der Waals surface area contributed by atoms with E-state index in [1.807, 2.05) is 37.3 Å². The largest absolute Gasteiger partial charge is 0.487 e. The number of carbonyl (C=O) groups is 2. The maximum Gasteiger partial charge on any atom is 0.319 e. The summed E-state index contributed by atoms with van der Waals surface area (Å²) < 4.78 is 6.05. The van der Waals surface area contributed by atoms with Gasteiger partial charge in [0.1, 0.15) is 17.9 Å². The predicted molar refractivity (Wildman–Crippen MR) is 142 cm³/mol. The number of nitrogens with zero attached hydrogens (tertiary/aromatic N) is 3. The van der Waals surface area contributed by atoms with E-state index in [-0.39, 0.29) is 24.1 Å². The lowest BCUT2D eigenvalue weighted by atomic mass is 10.1. The van der Waals surface area contributed by atoms with Gasteiger partial charge in [-0.3, -0.25) is 9.78 Å². The Morgan fingerprint density at radius 3 is 2.67 bits per heavy atom. The van der Waals surface area contributed by atoms with Gasteiger partial charge in [0.2, 0.25) is 5.91 Å². The fourth-order valence-corrected chi connectivity index (χ4v) is 4.09.